The lowest BCUT2D eigenvalue weighted by Gasteiger charge is -2.11. The van der Waals surface area contributed by atoms with Gasteiger partial charge in [0.05, 0.1) is 0 Å². The highest BCUT2D eigenvalue weighted by molar-refractivity contribution is 6.66. The third kappa shape index (κ3) is 3.60. The molecule has 0 aliphatic rings. The topological polar surface area (TPSA) is 35.0 Å². The first-order chi connectivity index (χ1) is 5.08. The monoisotopic (exact) mass is 212 g/mol. The van der Waals surface area contributed by atoms with Gasteiger partial charge in [-0.2, -0.15) is 0 Å². The Morgan fingerprint density at radius 2 is 2.09 bits per heavy atom. The summed E-state index contributed by atoms with van der Waals surface area (Å²) in [5.41, 5.74) is 0. The average molecular weight is 213 g/mol. The minimum absolute atomic E-state index is 0.222. The third-order valence-corrected chi connectivity index (χ3v) is 1.01. The highest BCUT2D eigenvalue weighted by atomic mass is 35.6. The summed E-state index contributed by atoms with van der Waals surface area (Å²) < 4.78 is 2.98. The molecule has 0 aromatic carbocycles. The average Bonchev–Trinajstić information content (AvgIpc) is 1.85. The second-order valence-corrected chi connectivity index (χ2v) is 3.77. The SMILES string of the molecule is ClC(Cl)(Cl)Oc1ccncn1. The van der Waals surface area contributed by atoms with Crippen LogP contribution >= 0.6 is 34.8 Å². The van der Waals surface area contributed by atoms with Gasteiger partial charge in [0.2, 0.25) is 5.88 Å². The summed E-state index contributed by atoms with van der Waals surface area (Å²) in [7, 11) is 0. The maximum atomic E-state index is 5.32. The molecule has 0 aliphatic carbocycles. The number of hydrogen-bond donors (Lipinski definition) is 0. The molecule has 0 spiro atoms. The normalized spacial score (nSPS) is 11.2. The molecule has 0 unspecified atom stereocenters. The maximum Gasteiger partial charge on any atom is 0.339 e. The quantitative estimate of drug-likeness (QED) is 0.671. The van der Waals surface area contributed by atoms with E-state index in [1.807, 2.05) is 0 Å². The third-order valence-electron chi connectivity index (χ3n) is 0.775. The van der Waals surface area contributed by atoms with Crippen LogP contribution in [0.3, 0.4) is 0 Å². The fourth-order valence-electron chi connectivity index (χ4n) is 0.457. The highest BCUT2D eigenvalue weighted by Crippen LogP contribution is 2.28. The molecule has 0 aliphatic heterocycles. The summed E-state index contributed by atoms with van der Waals surface area (Å²) >= 11 is 15.9. The first-order valence-corrected chi connectivity index (χ1v) is 3.73. The van der Waals surface area contributed by atoms with Crippen molar-refractivity contribution >= 4 is 34.8 Å². The molecule has 1 rings (SSSR count). The predicted molar refractivity (Wildman–Crippen MR) is 43.0 cm³/mol. The molecule has 1 aromatic rings. The second-order valence-electron chi connectivity index (χ2n) is 1.60. The number of rotatable bonds is 1. The Bertz CT molecular complexity index is 223. The zero-order chi connectivity index (χ0) is 8.32. The van der Waals surface area contributed by atoms with Crippen LogP contribution in [0.4, 0.5) is 0 Å². The summed E-state index contributed by atoms with van der Waals surface area (Å²) in [5.74, 6) is 0.222. The van der Waals surface area contributed by atoms with Gasteiger partial charge in [-0.05, 0) is 34.8 Å². The van der Waals surface area contributed by atoms with Crippen molar-refractivity contribution in [1.29, 1.82) is 0 Å². The molecule has 0 amide bonds. The van der Waals surface area contributed by atoms with Crippen molar-refractivity contribution in [2.24, 2.45) is 0 Å². The van der Waals surface area contributed by atoms with Crippen molar-refractivity contribution < 1.29 is 4.74 Å². The van der Waals surface area contributed by atoms with E-state index in [0.717, 1.165) is 0 Å². The Morgan fingerprint density at radius 1 is 1.36 bits per heavy atom. The van der Waals surface area contributed by atoms with Gasteiger partial charge in [0.1, 0.15) is 6.33 Å². The molecule has 6 heteroatoms. The van der Waals surface area contributed by atoms with E-state index < -0.39 is 3.98 Å². The van der Waals surface area contributed by atoms with Gasteiger partial charge in [0.15, 0.2) is 0 Å². The number of hydrogen-bond acceptors (Lipinski definition) is 3. The zero-order valence-corrected chi connectivity index (χ0v) is 7.44. The Balaban J connectivity index is 2.66. The largest absolute Gasteiger partial charge is 0.428 e. The van der Waals surface area contributed by atoms with Crippen LogP contribution in [0.15, 0.2) is 18.6 Å². The van der Waals surface area contributed by atoms with Gasteiger partial charge in [-0.3, -0.25) is 0 Å². The number of nitrogens with zero attached hydrogens (tertiary/aromatic N) is 2. The molecule has 60 valence electrons. The van der Waals surface area contributed by atoms with Crippen LogP contribution in [0.25, 0.3) is 0 Å². The van der Waals surface area contributed by atoms with E-state index in [1.165, 1.54) is 18.6 Å². The van der Waals surface area contributed by atoms with E-state index in [4.69, 9.17) is 39.5 Å². The van der Waals surface area contributed by atoms with Gasteiger partial charge in [-0.1, -0.05) is 0 Å². The van der Waals surface area contributed by atoms with Crippen molar-refractivity contribution in [3.63, 3.8) is 0 Å². The summed E-state index contributed by atoms with van der Waals surface area (Å²) in [5, 5.41) is 0. The lowest BCUT2D eigenvalue weighted by Crippen LogP contribution is -2.13. The summed E-state index contributed by atoms with van der Waals surface area (Å²) in [6, 6.07) is 1.49. The standard InChI is InChI=1S/C5H3Cl3N2O/c6-5(7,8)11-4-1-2-9-3-10-4/h1-3H. The first kappa shape index (κ1) is 8.84. The van der Waals surface area contributed by atoms with E-state index in [0.29, 0.717) is 0 Å². The number of alkyl halides is 3. The van der Waals surface area contributed by atoms with E-state index in [-0.39, 0.29) is 5.88 Å². The van der Waals surface area contributed by atoms with Crippen LogP contribution in [-0.2, 0) is 0 Å². The van der Waals surface area contributed by atoms with Gasteiger partial charge in [0.25, 0.3) is 0 Å². The molecule has 0 fully saturated rings. The van der Waals surface area contributed by atoms with Crippen LogP contribution in [0, 0.1) is 0 Å². The predicted octanol–water partition coefficient (Wildman–Crippen LogP) is 2.18. The summed E-state index contributed by atoms with van der Waals surface area (Å²) in [6.07, 6.45) is 2.78. The van der Waals surface area contributed by atoms with Crippen LogP contribution < -0.4 is 4.74 Å². The minimum Gasteiger partial charge on any atom is -0.428 e. The van der Waals surface area contributed by atoms with Crippen molar-refractivity contribution in [2.75, 3.05) is 0 Å². The number of aromatic nitrogens is 2. The molecule has 0 saturated heterocycles. The van der Waals surface area contributed by atoms with E-state index in [1.54, 1.807) is 0 Å². The molecule has 0 atom stereocenters. The van der Waals surface area contributed by atoms with Crippen molar-refractivity contribution in [2.45, 2.75) is 3.98 Å². The summed E-state index contributed by atoms with van der Waals surface area (Å²) in [6.45, 7) is 0. The Kier molecular flexibility index (Phi) is 2.76. The fraction of sp³-hybridized carbons (Fsp3) is 0.200. The summed E-state index contributed by atoms with van der Waals surface area (Å²) in [4.78, 5) is 7.33. The van der Waals surface area contributed by atoms with Crippen molar-refractivity contribution in [1.82, 2.24) is 9.97 Å². The molecule has 1 heterocycles. The van der Waals surface area contributed by atoms with Gasteiger partial charge in [0, 0.05) is 12.3 Å². The molecule has 0 N–H and O–H groups in total. The zero-order valence-electron chi connectivity index (χ0n) is 5.17. The molecule has 0 bridgehead atoms. The Hall–Kier alpha value is -0.250. The molecule has 1 aromatic heterocycles. The first-order valence-electron chi connectivity index (χ1n) is 2.60. The molecular weight excluding hydrogens is 210 g/mol. The minimum atomic E-state index is -1.77. The van der Waals surface area contributed by atoms with Crippen LogP contribution in [-0.4, -0.2) is 13.9 Å². The van der Waals surface area contributed by atoms with E-state index in [2.05, 4.69) is 9.97 Å². The molecule has 0 radical (unpaired) electrons. The van der Waals surface area contributed by atoms with Crippen molar-refractivity contribution in [3.05, 3.63) is 18.6 Å². The van der Waals surface area contributed by atoms with Gasteiger partial charge >= 0.3 is 3.98 Å². The second kappa shape index (κ2) is 3.43. The van der Waals surface area contributed by atoms with Crippen LogP contribution in [0.5, 0.6) is 5.88 Å². The number of halogens is 3. The highest BCUT2D eigenvalue weighted by Gasteiger charge is 2.21. The lowest BCUT2D eigenvalue weighted by molar-refractivity contribution is 0.307. The van der Waals surface area contributed by atoms with Crippen molar-refractivity contribution in [3.8, 4) is 5.88 Å². The fourth-order valence-corrected chi connectivity index (χ4v) is 0.695. The van der Waals surface area contributed by atoms with Crippen LogP contribution in [0.1, 0.15) is 0 Å². The van der Waals surface area contributed by atoms with E-state index >= 15 is 0 Å². The molecular formula is C5H3Cl3N2O. The van der Waals surface area contributed by atoms with E-state index in [9.17, 15) is 0 Å². The Morgan fingerprint density at radius 3 is 2.55 bits per heavy atom. The maximum absolute atomic E-state index is 5.32. The molecule has 11 heavy (non-hydrogen) atoms. The Labute approximate surface area is 78.3 Å². The van der Waals surface area contributed by atoms with Gasteiger partial charge in [-0.25, -0.2) is 9.97 Å². The van der Waals surface area contributed by atoms with Gasteiger partial charge in [-0.15, -0.1) is 0 Å². The number of ether oxygens (including phenoxy) is 1. The van der Waals surface area contributed by atoms with Crippen LogP contribution in [0.2, 0.25) is 0 Å². The lowest BCUT2D eigenvalue weighted by atomic mass is 10.6. The molecule has 0 saturated carbocycles. The smallest absolute Gasteiger partial charge is 0.339 e. The molecule has 3 nitrogen and oxygen atoms in total. The van der Waals surface area contributed by atoms with Gasteiger partial charge < -0.3 is 4.74 Å².